The van der Waals surface area contributed by atoms with E-state index in [1.165, 1.54) is 39.6 Å². The van der Waals surface area contributed by atoms with Crippen LogP contribution in [0.2, 0.25) is 0 Å². The molecule has 3 N–H and O–H groups in total. The largest absolute Gasteiger partial charge is 0.356 e. The van der Waals surface area contributed by atoms with Crippen molar-refractivity contribution in [3.63, 3.8) is 0 Å². The fourth-order valence-electron chi connectivity index (χ4n) is 4.67. The summed E-state index contributed by atoms with van der Waals surface area (Å²) in [5, 5.41) is 14.4. The molecule has 2 heterocycles. The lowest BCUT2D eigenvalue weighted by Crippen LogP contribution is -2.55. The first-order valence-electron chi connectivity index (χ1n) is 11.7. The number of amides is 1. The van der Waals surface area contributed by atoms with E-state index < -0.39 is 33.7 Å². The minimum atomic E-state index is -3.59. The van der Waals surface area contributed by atoms with Gasteiger partial charge in [-0.15, -0.1) is 0 Å². The fourth-order valence-corrected chi connectivity index (χ4v) is 5.68. The molecule has 200 valence electrons. The average Bonchev–Trinajstić information content (AvgIpc) is 3.66. The van der Waals surface area contributed by atoms with Gasteiger partial charge in [0.2, 0.25) is 16.4 Å². The number of aromatic nitrogens is 1. The van der Waals surface area contributed by atoms with Crippen LogP contribution in [0.5, 0.6) is 0 Å². The van der Waals surface area contributed by atoms with Crippen LogP contribution in [-0.2, 0) is 17.1 Å². The maximum Gasteiger partial charge on any atom is 0.263 e. The number of carbonyl (C=O) groups excluding carboxylic acids is 1. The first kappa shape index (κ1) is 26.4. The summed E-state index contributed by atoms with van der Waals surface area (Å²) >= 11 is 1.98. The summed E-state index contributed by atoms with van der Waals surface area (Å²) in [5.74, 6) is -0.977. The van der Waals surface area contributed by atoms with Crippen LogP contribution in [0.1, 0.15) is 28.8 Å². The highest BCUT2D eigenvalue weighted by Crippen LogP contribution is 2.45. The Hall–Kier alpha value is -3.17. The van der Waals surface area contributed by atoms with Gasteiger partial charge < -0.3 is 10.4 Å². The Bertz CT molecular complexity index is 1640. The summed E-state index contributed by atoms with van der Waals surface area (Å²) in [6.45, 7) is 1.55. The molecule has 1 atom stereocenters. The molecule has 38 heavy (non-hydrogen) atoms. The van der Waals surface area contributed by atoms with Gasteiger partial charge in [0.25, 0.3) is 11.5 Å². The molecule has 1 aliphatic heterocycles. The number of aliphatic hydroxyl groups excluding tert-OH is 1. The summed E-state index contributed by atoms with van der Waals surface area (Å²) in [4.78, 5) is 30.1. The van der Waals surface area contributed by atoms with Crippen LogP contribution in [0.3, 0.4) is 0 Å². The summed E-state index contributed by atoms with van der Waals surface area (Å²) in [7, 11) is -2.10. The molecule has 1 fully saturated rings. The van der Waals surface area contributed by atoms with Crippen molar-refractivity contribution < 1.29 is 22.7 Å². The summed E-state index contributed by atoms with van der Waals surface area (Å²) in [5.41, 5.74) is 0.679. The van der Waals surface area contributed by atoms with Crippen LogP contribution < -0.4 is 20.5 Å². The van der Waals surface area contributed by atoms with E-state index in [0.717, 1.165) is 6.26 Å². The Morgan fingerprint density at radius 1 is 1.13 bits per heavy atom. The number of anilines is 5. The maximum atomic E-state index is 14.8. The van der Waals surface area contributed by atoms with Gasteiger partial charge >= 0.3 is 0 Å². The van der Waals surface area contributed by atoms with Gasteiger partial charge in [0.15, 0.2) is 0 Å². The van der Waals surface area contributed by atoms with Crippen molar-refractivity contribution in [2.75, 3.05) is 21.2 Å². The molecule has 3 aromatic rings. The Labute approximate surface area is 232 Å². The average molecular weight is 653 g/mol. The summed E-state index contributed by atoms with van der Waals surface area (Å²) in [6, 6.07) is 10.6. The SMILES string of the molecule is Cc1c2c(c(Nc3ccc(I)cc3F)n(C)c1=O)C(=O)N(C1CC1)C(O)N2c1cccc(NS(C)(=O)=O)c1. The third kappa shape index (κ3) is 4.73. The summed E-state index contributed by atoms with van der Waals surface area (Å²) < 4.78 is 42.8. The van der Waals surface area contributed by atoms with Gasteiger partial charge in [-0.1, -0.05) is 6.07 Å². The molecule has 1 aliphatic carbocycles. The third-order valence-electron chi connectivity index (χ3n) is 6.51. The second-order valence-corrected chi connectivity index (χ2v) is 12.4. The van der Waals surface area contributed by atoms with Gasteiger partial charge in [-0.3, -0.25) is 28.7 Å². The van der Waals surface area contributed by atoms with E-state index in [1.807, 2.05) is 22.6 Å². The molecular formula is C25H25FIN5O5S. The Morgan fingerprint density at radius 2 is 1.84 bits per heavy atom. The molecule has 1 aromatic heterocycles. The minimum Gasteiger partial charge on any atom is -0.356 e. The molecule has 0 spiro atoms. The highest BCUT2D eigenvalue weighted by Gasteiger charge is 2.47. The molecule has 5 rings (SSSR count). The minimum absolute atomic E-state index is 0.0775. The standard InChI is InChI=1S/C25H25FIN5O5S/c1-13-21-20(22(30(2)23(13)33)28-19-10-7-14(27)11-18(19)26)24(34)32(16-8-9-16)25(35)31(21)17-6-4-5-15(12-17)29-38(3,36)37/h4-7,10-12,16,25,28-29,35H,8-9H2,1-3H3. The zero-order chi connectivity index (χ0) is 27.5. The second-order valence-electron chi connectivity index (χ2n) is 9.40. The number of pyridine rings is 1. The third-order valence-corrected chi connectivity index (χ3v) is 7.79. The Balaban J connectivity index is 1.75. The maximum absolute atomic E-state index is 14.8. The second kappa shape index (κ2) is 9.54. The normalized spacial score (nSPS) is 17.4. The van der Waals surface area contributed by atoms with Crippen molar-refractivity contribution in [3.8, 4) is 0 Å². The first-order chi connectivity index (χ1) is 17.9. The number of fused-ring (bicyclic) bond motifs is 1. The molecule has 2 aromatic carbocycles. The Kier molecular flexibility index (Phi) is 6.64. The van der Waals surface area contributed by atoms with Gasteiger partial charge in [0, 0.05) is 27.9 Å². The van der Waals surface area contributed by atoms with Crippen LogP contribution in [-0.4, -0.2) is 47.5 Å². The van der Waals surface area contributed by atoms with E-state index in [0.29, 0.717) is 22.1 Å². The number of nitrogens with one attached hydrogen (secondary N) is 2. The lowest BCUT2D eigenvalue weighted by atomic mass is 10.0. The van der Waals surface area contributed by atoms with Crippen molar-refractivity contribution in [2.45, 2.75) is 32.2 Å². The van der Waals surface area contributed by atoms with Crippen LogP contribution in [0, 0.1) is 16.3 Å². The van der Waals surface area contributed by atoms with Crippen molar-refractivity contribution in [1.29, 1.82) is 0 Å². The van der Waals surface area contributed by atoms with E-state index in [1.54, 1.807) is 31.2 Å². The molecule has 10 nitrogen and oxygen atoms in total. The van der Waals surface area contributed by atoms with E-state index in [-0.39, 0.29) is 40.0 Å². The predicted octanol–water partition coefficient (Wildman–Crippen LogP) is 3.58. The van der Waals surface area contributed by atoms with Gasteiger partial charge in [0.1, 0.15) is 17.2 Å². The van der Waals surface area contributed by atoms with Crippen LogP contribution >= 0.6 is 22.6 Å². The zero-order valence-corrected chi connectivity index (χ0v) is 23.7. The number of hydrogen-bond donors (Lipinski definition) is 3. The van der Waals surface area contributed by atoms with E-state index in [2.05, 4.69) is 10.0 Å². The molecule has 0 saturated heterocycles. The highest BCUT2D eigenvalue weighted by atomic mass is 127. The molecule has 13 heteroatoms. The molecule has 2 aliphatic rings. The number of sulfonamides is 1. The number of benzene rings is 2. The number of rotatable bonds is 6. The van der Waals surface area contributed by atoms with Crippen LogP contribution in [0.4, 0.5) is 33.0 Å². The van der Waals surface area contributed by atoms with Gasteiger partial charge in [-0.05, 0) is 78.8 Å². The van der Waals surface area contributed by atoms with Crippen molar-refractivity contribution in [3.05, 3.63) is 73.3 Å². The van der Waals surface area contributed by atoms with E-state index >= 15 is 0 Å². The smallest absolute Gasteiger partial charge is 0.263 e. The van der Waals surface area contributed by atoms with Gasteiger partial charge in [0.05, 0.1) is 23.3 Å². The predicted molar refractivity (Wildman–Crippen MR) is 151 cm³/mol. The van der Waals surface area contributed by atoms with Crippen LogP contribution in [0.25, 0.3) is 0 Å². The van der Waals surface area contributed by atoms with E-state index in [4.69, 9.17) is 0 Å². The highest BCUT2D eigenvalue weighted by molar-refractivity contribution is 14.1. The molecular weight excluding hydrogens is 628 g/mol. The molecule has 0 bridgehead atoms. The van der Waals surface area contributed by atoms with Crippen LogP contribution in [0.15, 0.2) is 47.3 Å². The number of hydrogen-bond acceptors (Lipinski definition) is 7. The van der Waals surface area contributed by atoms with Crippen molar-refractivity contribution >= 4 is 67.1 Å². The lowest BCUT2D eigenvalue weighted by molar-refractivity contribution is 0.00338. The molecule has 1 saturated carbocycles. The molecule has 0 radical (unpaired) electrons. The number of carbonyl (C=O) groups is 1. The monoisotopic (exact) mass is 653 g/mol. The fraction of sp³-hybridized carbons (Fsp3) is 0.280. The zero-order valence-electron chi connectivity index (χ0n) is 20.7. The Morgan fingerprint density at radius 3 is 2.47 bits per heavy atom. The van der Waals surface area contributed by atoms with Gasteiger partial charge in [-0.25, -0.2) is 12.8 Å². The number of halogens is 2. The van der Waals surface area contributed by atoms with Crippen molar-refractivity contribution in [2.24, 2.45) is 7.05 Å². The van der Waals surface area contributed by atoms with E-state index in [9.17, 15) is 27.5 Å². The number of aliphatic hydroxyl groups is 1. The van der Waals surface area contributed by atoms with Gasteiger partial charge in [-0.2, -0.15) is 0 Å². The number of nitrogens with zero attached hydrogens (tertiary/aromatic N) is 3. The molecule has 1 unspecified atom stereocenters. The van der Waals surface area contributed by atoms with Crippen molar-refractivity contribution in [1.82, 2.24) is 9.47 Å². The molecule has 1 amide bonds. The lowest BCUT2D eigenvalue weighted by Gasteiger charge is -2.44. The topological polar surface area (TPSA) is 124 Å². The summed E-state index contributed by atoms with van der Waals surface area (Å²) in [6.07, 6.45) is 0.958. The quantitative estimate of drug-likeness (QED) is 0.348. The first-order valence-corrected chi connectivity index (χ1v) is 14.7.